The van der Waals surface area contributed by atoms with Gasteiger partial charge in [-0.1, -0.05) is 154 Å². The van der Waals surface area contributed by atoms with Gasteiger partial charge < -0.3 is 9.80 Å². The molecule has 0 bridgehead atoms. The number of benzene rings is 6. The van der Waals surface area contributed by atoms with Gasteiger partial charge in [-0.15, -0.1) is 0 Å². The fourth-order valence-corrected chi connectivity index (χ4v) is 6.36. The molecule has 0 aromatic heterocycles. The van der Waals surface area contributed by atoms with Crippen LogP contribution in [-0.4, -0.2) is 6.54 Å². The Bertz CT molecular complexity index is 1790. The lowest BCUT2D eigenvalue weighted by atomic mass is 9.97. The smallest absolute Gasteiger partial charge is 0.0456 e. The second-order valence-corrected chi connectivity index (χ2v) is 12.4. The van der Waals surface area contributed by atoms with Crippen LogP contribution in [0.1, 0.15) is 50.7 Å². The summed E-state index contributed by atoms with van der Waals surface area (Å²) < 4.78 is 0. The summed E-state index contributed by atoms with van der Waals surface area (Å²) in [5, 5.41) is 0. The van der Waals surface area contributed by atoms with Crippen molar-refractivity contribution in [1.29, 1.82) is 0 Å². The standard InChI is InChI=1S/C46H46N2/c1-3-5-18-37(4-2)35-47(42-23-14-8-15-24-42)44-31-27-38(28-32-44)39-29-33-45(34-30-39)48(43-25-16-9-17-26-43)36-46(40-19-10-6-11-20-40)41-21-12-7-13-22-41/h6-17,19-34,36-37H,3-5,18,35H2,1-2H3. The van der Waals surface area contributed by atoms with E-state index in [-0.39, 0.29) is 0 Å². The van der Waals surface area contributed by atoms with Gasteiger partial charge in [-0.2, -0.15) is 0 Å². The largest absolute Gasteiger partial charge is 0.341 e. The summed E-state index contributed by atoms with van der Waals surface area (Å²) in [5.74, 6) is 0.670. The van der Waals surface area contributed by atoms with Gasteiger partial charge in [-0.3, -0.25) is 0 Å². The van der Waals surface area contributed by atoms with Gasteiger partial charge in [-0.05, 0) is 83.1 Å². The predicted octanol–water partition coefficient (Wildman–Crippen LogP) is 12.9. The summed E-state index contributed by atoms with van der Waals surface area (Å²) in [4.78, 5) is 4.79. The lowest BCUT2D eigenvalue weighted by molar-refractivity contribution is 0.458. The van der Waals surface area contributed by atoms with E-state index in [9.17, 15) is 0 Å². The molecular formula is C46H46N2. The van der Waals surface area contributed by atoms with Gasteiger partial charge >= 0.3 is 0 Å². The van der Waals surface area contributed by atoms with Gasteiger partial charge in [0.05, 0.1) is 0 Å². The molecule has 0 aliphatic carbocycles. The normalized spacial score (nSPS) is 11.5. The van der Waals surface area contributed by atoms with Crippen LogP contribution in [0.15, 0.2) is 176 Å². The summed E-state index contributed by atoms with van der Waals surface area (Å²) in [6.07, 6.45) is 7.27. The van der Waals surface area contributed by atoms with Crippen molar-refractivity contribution in [2.45, 2.75) is 39.5 Å². The Morgan fingerprint density at radius 3 is 1.40 bits per heavy atom. The summed E-state index contributed by atoms with van der Waals surface area (Å²) in [5.41, 5.74) is 10.7. The lowest BCUT2D eigenvalue weighted by Crippen LogP contribution is -2.25. The average Bonchev–Trinajstić information content (AvgIpc) is 3.17. The topological polar surface area (TPSA) is 6.48 Å². The summed E-state index contributed by atoms with van der Waals surface area (Å²) in [6.45, 7) is 5.65. The maximum absolute atomic E-state index is 2.50. The molecule has 48 heavy (non-hydrogen) atoms. The van der Waals surface area contributed by atoms with E-state index in [4.69, 9.17) is 0 Å². The molecule has 6 aromatic rings. The zero-order valence-electron chi connectivity index (χ0n) is 28.3. The highest BCUT2D eigenvalue weighted by Gasteiger charge is 2.16. The predicted molar refractivity (Wildman–Crippen MR) is 207 cm³/mol. The molecule has 0 heterocycles. The Kier molecular flexibility index (Phi) is 11.2. The minimum atomic E-state index is 0.670. The van der Waals surface area contributed by atoms with Crippen LogP contribution in [0, 0.1) is 5.92 Å². The first-order valence-corrected chi connectivity index (χ1v) is 17.4. The van der Waals surface area contributed by atoms with E-state index in [0.29, 0.717) is 5.92 Å². The Morgan fingerprint density at radius 2 is 0.917 bits per heavy atom. The molecule has 2 nitrogen and oxygen atoms in total. The molecule has 0 fully saturated rings. The molecule has 0 N–H and O–H groups in total. The van der Waals surface area contributed by atoms with Crippen LogP contribution in [0.2, 0.25) is 0 Å². The Balaban J connectivity index is 1.31. The van der Waals surface area contributed by atoms with Gasteiger partial charge in [0.2, 0.25) is 0 Å². The van der Waals surface area contributed by atoms with Gasteiger partial charge in [0.15, 0.2) is 0 Å². The van der Waals surface area contributed by atoms with Crippen LogP contribution in [0.25, 0.3) is 16.7 Å². The van der Waals surface area contributed by atoms with Crippen molar-refractivity contribution in [3.8, 4) is 11.1 Å². The number of unbranched alkanes of at least 4 members (excludes halogenated alkanes) is 1. The number of hydrogen-bond donors (Lipinski definition) is 0. The van der Waals surface area contributed by atoms with E-state index in [2.05, 4.69) is 200 Å². The number of para-hydroxylation sites is 2. The van der Waals surface area contributed by atoms with Crippen LogP contribution in [0.3, 0.4) is 0 Å². The van der Waals surface area contributed by atoms with E-state index in [1.807, 2.05) is 0 Å². The van der Waals surface area contributed by atoms with Gasteiger partial charge in [0.25, 0.3) is 0 Å². The molecule has 0 spiro atoms. The second kappa shape index (κ2) is 16.5. The molecule has 0 saturated carbocycles. The minimum Gasteiger partial charge on any atom is -0.341 e. The molecule has 240 valence electrons. The zero-order valence-corrected chi connectivity index (χ0v) is 28.3. The van der Waals surface area contributed by atoms with Crippen molar-refractivity contribution in [3.05, 3.63) is 187 Å². The van der Waals surface area contributed by atoms with Crippen molar-refractivity contribution in [1.82, 2.24) is 0 Å². The first-order chi connectivity index (χ1) is 23.7. The minimum absolute atomic E-state index is 0.670. The third kappa shape index (κ3) is 8.14. The van der Waals surface area contributed by atoms with Crippen molar-refractivity contribution in [2.24, 2.45) is 5.92 Å². The number of nitrogens with zero attached hydrogens (tertiary/aromatic N) is 2. The van der Waals surface area contributed by atoms with Gasteiger partial charge in [-0.25, -0.2) is 0 Å². The van der Waals surface area contributed by atoms with Crippen LogP contribution >= 0.6 is 0 Å². The molecule has 0 saturated heterocycles. The Morgan fingerprint density at radius 1 is 0.500 bits per heavy atom. The second-order valence-electron chi connectivity index (χ2n) is 12.4. The fraction of sp³-hybridized carbons (Fsp3) is 0.174. The highest BCUT2D eigenvalue weighted by Crippen LogP contribution is 2.34. The highest BCUT2D eigenvalue weighted by molar-refractivity contribution is 5.84. The van der Waals surface area contributed by atoms with Crippen LogP contribution in [-0.2, 0) is 0 Å². The van der Waals surface area contributed by atoms with E-state index in [0.717, 1.165) is 17.9 Å². The van der Waals surface area contributed by atoms with Gasteiger partial charge in [0.1, 0.15) is 0 Å². The maximum atomic E-state index is 2.50. The molecule has 0 aliphatic rings. The molecule has 1 atom stereocenters. The first-order valence-electron chi connectivity index (χ1n) is 17.4. The summed E-state index contributed by atoms with van der Waals surface area (Å²) >= 11 is 0. The van der Waals surface area contributed by atoms with E-state index in [1.54, 1.807) is 0 Å². The van der Waals surface area contributed by atoms with E-state index < -0.39 is 0 Å². The van der Waals surface area contributed by atoms with Crippen LogP contribution in [0.4, 0.5) is 22.7 Å². The zero-order chi connectivity index (χ0) is 33.0. The Hall–Kier alpha value is -5.34. The summed E-state index contributed by atoms with van der Waals surface area (Å²) in [6, 6.07) is 60.8. The van der Waals surface area contributed by atoms with Crippen molar-refractivity contribution in [3.63, 3.8) is 0 Å². The SMILES string of the molecule is CCCCC(CC)CN(c1ccccc1)c1ccc(-c2ccc(N(C=C(c3ccccc3)c3ccccc3)c3ccccc3)cc2)cc1. The van der Waals surface area contributed by atoms with E-state index >= 15 is 0 Å². The Labute approximate surface area is 287 Å². The first kappa shape index (κ1) is 32.6. The van der Waals surface area contributed by atoms with E-state index in [1.165, 1.54) is 64.9 Å². The third-order valence-corrected chi connectivity index (χ3v) is 9.17. The number of anilines is 4. The summed E-state index contributed by atoms with van der Waals surface area (Å²) in [7, 11) is 0. The van der Waals surface area contributed by atoms with Crippen LogP contribution in [0.5, 0.6) is 0 Å². The molecular weight excluding hydrogens is 581 g/mol. The van der Waals surface area contributed by atoms with Crippen molar-refractivity contribution >= 4 is 28.3 Å². The lowest BCUT2D eigenvalue weighted by Gasteiger charge is -2.29. The maximum Gasteiger partial charge on any atom is 0.0456 e. The van der Waals surface area contributed by atoms with Crippen molar-refractivity contribution in [2.75, 3.05) is 16.3 Å². The molecule has 0 amide bonds. The molecule has 0 aliphatic heterocycles. The number of rotatable bonds is 14. The monoisotopic (exact) mass is 626 g/mol. The molecule has 6 aromatic carbocycles. The highest BCUT2D eigenvalue weighted by atomic mass is 15.1. The van der Waals surface area contributed by atoms with Gasteiger partial charge in [0, 0.05) is 41.1 Å². The van der Waals surface area contributed by atoms with Crippen LogP contribution < -0.4 is 9.80 Å². The quantitative estimate of drug-likeness (QED) is 0.119. The molecule has 0 radical (unpaired) electrons. The molecule has 1 unspecified atom stereocenters. The average molecular weight is 627 g/mol. The molecule has 6 rings (SSSR count). The third-order valence-electron chi connectivity index (χ3n) is 9.17. The fourth-order valence-electron chi connectivity index (χ4n) is 6.36. The molecule has 2 heteroatoms. The van der Waals surface area contributed by atoms with Crippen molar-refractivity contribution < 1.29 is 0 Å². The number of hydrogen-bond acceptors (Lipinski definition) is 2.